The topological polar surface area (TPSA) is 20.9 Å². The first kappa shape index (κ1) is 14.2. The van der Waals surface area contributed by atoms with Crippen LogP contribution in [0.4, 0.5) is 0 Å². The van der Waals surface area contributed by atoms with Gasteiger partial charge in [-0.3, -0.25) is 4.79 Å². The lowest BCUT2D eigenvalue weighted by Crippen LogP contribution is -2.32. The Morgan fingerprint density at radius 2 is 1.27 bits per heavy atom. The van der Waals surface area contributed by atoms with Gasteiger partial charge in [-0.2, -0.15) is 4.57 Å². The monoisotopic (exact) mass is 288 g/mol. The van der Waals surface area contributed by atoms with Gasteiger partial charge in [0.05, 0.1) is 0 Å². The second kappa shape index (κ2) is 5.94. The number of carbonyl (C=O) groups is 1. The van der Waals surface area contributed by atoms with E-state index in [1.54, 1.807) is 0 Å². The van der Waals surface area contributed by atoms with Gasteiger partial charge >= 0.3 is 0 Å². The Morgan fingerprint density at radius 3 is 1.86 bits per heavy atom. The highest BCUT2D eigenvalue weighted by atomic mass is 16.1. The van der Waals surface area contributed by atoms with Crippen LogP contribution in [-0.4, -0.2) is 5.78 Å². The molecule has 0 bridgehead atoms. The van der Waals surface area contributed by atoms with Crippen LogP contribution in [0.5, 0.6) is 0 Å². The highest BCUT2D eigenvalue weighted by Gasteiger charge is 2.15. The number of nitrogens with zero attached hydrogens (tertiary/aromatic N) is 1. The molecule has 22 heavy (non-hydrogen) atoms. The van der Waals surface area contributed by atoms with Crippen LogP contribution in [0, 0.1) is 13.8 Å². The van der Waals surface area contributed by atoms with Gasteiger partial charge in [0, 0.05) is 34.4 Å². The van der Waals surface area contributed by atoms with Crippen LogP contribution < -0.4 is 4.57 Å². The molecule has 0 aliphatic heterocycles. The Labute approximate surface area is 130 Å². The third-order valence-corrected chi connectivity index (χ3v) is 3.83. The molecule has 0 saturated heterocycles. The van der Waals surface area contributed by atoms with Crippen molar-refractivity contribution < 1.29 is 9.36 Å². The van der Waals surface area contributed by atoms with Crippen LogP contribution >= 0.6 is 0 Å². The molecule has 2 nitrogen and oxygen atoms in total. The maximum atomic E-state index is 12.4. The van der Waals surface area contributed by atoms with Crippen LogP contribution in [0.15, 0.2) is 73.1 Å². The minimum Gasteiger partial charge on any atom is -0.289 e. The molecular weight excluding hydrogens is 270 g/mol. The zero-order valence-corrected chi connectivity index (χ0v) is 12.8. The molecular formula is C20H18NO+. The number of benzene rings is 2. The Kier molecular flexibility index (Phi) is 3.84. The van der Waals surface area contributed by atoms with Gasteiger partial charge in [-0.25, -0.2) is 0 Å². The van der Waals surface area contributed by atoms with Crippen molar-refractivity contribution >= 4 is 5.78 Å². The Morgan fingerprint density at radius 1 is 0.727 bits per heavy atom. The Hall–Kier alpha value is -2.74. The number of pyridine rings is 1. The number of carbonyl (C=O) groups excluding carboxylic acids is 1. The first-order valence-electron chi connectivity index (χ1n) is 7.34. The van der Waals surface area contributed by atoms with E-state index < -0.39 is 0 Å². The SMILES string of the molecule is Cc1cccc(C)c1-[n+]1ccc(C(=O)c2ccccc2)cc1. The quantitative estimate of drug-likeness (QED) is 0.530. The van der Waals surface area contributed by atoms with Gasteiger partial charge in [-0.05, 0) is 13.8 Å². The van der Waals surface area contributed by atoms with E-state index in [0.717, 1.165) is 0 Å². The van der Waals surface area contributed by atoms with Crippen molar-refractivity contribution in [3.05, 3.63) is 95.3 Å². The summed E-state index contributed by atoms with van der Waals surface area (Å²) in [5.41, 5.74) is 5.02. The van der Waals surface area contributed by atoms with Crippen molar-refractivity contribution in [2.45, 2.75) is 13.8 Å². The highest BCUT2D eigenvalue weighted by Crippen LogP contribution is 2.14. The van der Waals surface area contributed by atoms with Gasteiger partial charge in [-0.15, -0.1) is 0 Å². The maximum absolute atomic E-state index is 12.4. The first-order chi connectivity index (χ1) is 10.7. The number of aryl methyl sites for hydroxylation is 2. The van der Waals surface area contributed by atoms with Crippen molar-refractivity contribution in [2.24, 2.45) is 0 Å². The van der Waals surface area contributed by atoms with E-state index in [4.69, 9.17) is 0 Å². The van der Waals surface area contributed by atoms with Crippen LogP contribution in [0.25, 0.3) is 5.69 Å². The average Bonchev–Trinajstić information content (AvgIpc) is 2.55. The fourth-order valence-corrected chi connectivity index (χ4v) is 2.70. The lowest BCUT2D eigenvalue weighted by molar-refractivity contribution is -0.596. The predicted octanol–water partition coefficient (Wildman–Crippen LogP) is 3.81. The zero-order valence-electron chi connectivity index (χ0n) is 12.8. The van der Waals surface area contributed by atoms with Gasteiger partial charge in [0.1, 0.15) is 0 Å². The molecule has 0 radical (unpaired) electrons. The van der Waals surface area contributed by atoms with Crippen molar-refractivity contribution in [1.82, 2.24) is 0 Å². The van der Waals surface area contributed by atoms with Gasteiger partial charge < -0.3 is 0 Å². The summed E-state index contributed by atoms with van der Waals surface area (Å²) in [6, 6.07) is 19.4. The molecule has 0 aliphatic rings. The lowest BCUT2D eigenvalue weighted by Gasteiger charge is -2.04. The molecule has 1 aromatic heterocycles. The molecule has 0 aliphatic carbocycles. The van der Waals surface area contributed by atoms with E-state index in [0.29, 0.717) is 11.1 Å². The summed E-state index contributed by atoms with van der Waals surface area (Å²) in [5.74, 6) is 0.0502. The summed E-state index contributed by atoms with van der Waals surface area (Å²) >= 11 is 0. The van der Waals surface area contributed by atoms with Crippen molar-refractivity contribution in [3.8, 4) is 5.69 Å². The fourth-order valence-electron chi connectivity index (χ4n) is 2.70. The van der Waals surface area contributed by atoms with Crippen LogP contribution in [0.2, 0.25) is 0 Å². The molecule has 0 amide bonds. The molecule has 3 aromatic rings. The average molecular weight is 288 g/mol. The molecule has 0 fully saturated rings. The van der Waals surface area contributed by atoms with Crippen LogP contribution in [-0.2, 0) is 0 Å². The summed E-state index contributed by atoms with van der Waals surface area (Å²) in [5, 5.41) is 0. The number of rotatable bonds is 3. The third kappa shape index (κ3) is 2.68. The first-order valence-corrected chi connectivity index (χ1v) is 7.34. The normalized spacial score (nSPS) is 10.5. The van der Waals surface area contributed by atoms with Crippen molar-refractivity contribution in [2.75, 3.05) is 0 Å². The maximum Gasteiger partial charge on any atom is 0.216 e. The number of hydrogen-bond donors (Lipinski definition) is 0. The summed E-state index contributed by atoms with van der Waals surface area (Å²) in [7, 11) is 0. The number of para-hydroxylation sites is 1. The molecule has 3 rings (SSSR count). The molecule has 2 heteroatoms. The van der Waals surface area contributed by atoms with E-state index >= 15 is 0 Å². The van der Waals surface area contributed by atoms with Gasteiger partial charge in [0.2, 0.25) is 5.69 Å². The van der Waals surface area contributed by atoms with Crippen LogP contribution in [0.1, 0.15) is 27.0 Å². The zero-order chi connectivity index (χ0) is 15.5. The standard InChI is InChI=1S/C20H18NO/c1-15-7-6-8-16(2)19(15)21-13-11-18(12-14-21)20(22)17-9-4-3-5-10-17/h3-14H,1-2H3/q+1. The number of aromatic nitrogens is 1. The summed E-state index contributed by atoms with van der Waals surface area (Å²) in [6.07, 6.45) is 3.90. The lowest BCUT2D eigenvalue weighted by atomic mass is 10.0. The van der Waals surface area contributed by atoms with E-state index in [9.17, 15) is 4.79 Å². The molecule has 0 unspecified atom stereocenters. The van der Waals surface area contributed by atoms with Crippen molar-refractivity contribution in [1.29, 1.82) is 0 Å². The minimum absolute atomic E-state index is 0.0502. The highest BCUT2D eigenvalue weighted by molar-refractivity contribution is 6.08. The van der Waals surface area contributed by atoms with E-state index in [2.05, 4.69) is 36.6 Å². The van der Waals surface area contributed by atoms with Crippen molar-refractivity contribution in [3.63, 3.8) is 0 Å². The molecule has 2 aromatic carbocycles. The molecule has 1 heterocycles. The van der Waals surface area contributed by atoms with E-state index in [1.807, 2.05) is 54.9 Å². The second-order valence-electron chi connectivity index (χ2n) is 5.43. The molecule has 0 saturated carbocycles. The summed E-state index contributed by atoms with van der Waals surface area (Å²) in [6.45, 7) is 4.19. The second-order valence-corrected chi connectivity index (χ2v) is 5.43. The van der Waals surface area contributed by atoms with Gasteiger partial charge in [0.15, 0.2) is 18.2 Å². The minimum atomic E-state index is 0.0502. The molecule has 108 valence electrons. The summed E-state index contributed by atoms with van der Waals surface area (Å²) < 4.78 is 2.06. The molecule has 0 spiro atoms. The smallest absolute Gasteiger partial charge is 0.216 e. The predicted molar refractivity (Wildman–Crippen MR) is 87.3 cm³/mol. The van der Waals surface area contributed by atoms with Gasteiger partial charge in [-0.1, -0.05) is 48.5 Å². The molecule has 0 atom stereocenters. The molecule has 0 N–H and O–H groups in total. The largest absolute Gasteiger partial charge is 0.289 e. The van der Waals surface area contributed by atoms with Crippen LogP contribution in [0.3, 0.4) is 0 Å². The Bertz CT molecular complexity index is 785. The number of hydrogen-bond acceptors (Lipinski definition) is 1. The summed E-state index contributed by atoms with van der Waals surface area (Å²) in [4.78, 5) is 12.4. The van der Waals surface area contributed by atoms with E-state index in [1.165, 1.54) is 16.8 Å². The number of ketones is 1. The Balaban J connectivity index is 1.95. The van der Waals surface area contributed by atoms with Gasteiger partial charge in [0.25, 0.3) is 0 Å². The van der Waals surface area contributed by atoms with E-state index in [-0.39, 0.29) is 5.78 Å². The fraction of sp³-hybridized carbons (Fsp3) is 0.100. The third-order valence-electron chi connectivity index (χ3n) is 3.83.